The topological polar surface area (TPSA) is 113 Å². The molecule has 2 aromatic heterocycles. The number of amides is 1. The highest BCUT2D eigenvalue weighted by Gasteiger charge is 2.35. The lowest BCUT2D eigenvalue weighted by atomic mass is 9.91. The van der Waals surface area contributed by atoms with Gasteiger partial charge in [0.25, 0.3) is 0 Å². The second-order valence-electron chi connectivity index (χ2n) is 6.98. The van der Waals surface area contributed by atoms with Crippen LogP contribution in [0.1, 0.15) is 55.0 Å². The molecule has 1 aliphatic rings. The summed E-state index contributed by atoms with van der Waals surface area (Å²) in [7, 11) is 1.29. The van der Waals surface area contributed by atoms with E-state index < -0.39 is 5.97 Å². The molecule has 0 aromatic carbocycles. The Morgan fingerprint density at radius 2 is 2.25 bits per heavy atom. The lowest BCUT2D eigenvalue weighted by Crippen LogP contribution is -2.39. The molecule has 1 fully saturated rings. The third kappa shape index (κ3) is 4.38. The first-order valence-corrected chi connectivity index (χ1v) is 9.42. The van der Waals surface area contributed by atoms with Gasteiger partial charge in [-0.15, -0.1) is 5.10 Å². The van der Waals surface area contributed by atoms with Crippen LogP contribution in [0, 0.1) is 5.92 Å². The van der Waals surface area contributed by atoms with Crippen LogP contribution < -0.4 is 5.32 Å². The highest BCUT2D eigenvalue weighted by Crippen LogP contribution is 2.34. The number of nitrogens with zero attached hydrogens (tertiary/aromatic N) is 5. The van der Waals surface area contributed by atoms with E-state index in [0.29, 0.717) is 19.7 Å². The van der Waals surface area contributed by atoms with Crippen LogP contribution in [-0.2, 0) is 20.8 Å². The van der Waals surface area contributed by atoms with Crippen LogP contribution in [0.5, 0.6) is 0 Å². The number of hydrogen-bond acceptors (Lipinski definition) is 7. The maximum atomic E-state index is 12.8. The van der Waals surface area contributed by atoms with Crippen molar-refractivity contribution in [3.05, 3.63) is 29.8 Å². The average Bonchev–Trinajstić information content (AvgIpc) is 3.37. The molecule has 3 heterocycles. The summed E-state index contributed by atoms with van der Waals surface area (Å²) in [5.74, 6) is -0.877. The van der Waals surface area contributed by atoms with Crippen molar-refractivity contribution in [3.8, 4) is 0 Å². The zero-order chi connectivity index (χ0) is 20.1. The van der Waals surface area contributed by atoms with Gasteiger partial charge in [-0.2, -0.15) is 5.10 Å². The summed E-state index contributed by atoms with van der Waals surface area (Å²) in [4.78, 5) is 24.2. The Labute approximate surface area is 163 Å². The highest BCUT2D eigenvalue weighted by atomic mass is 16.5. The molecule has 1 saturated heterocycles. The number of rotatable bonds is 7. The van der Waals surface area contributed by atoms with Gasteiger partial charge in [-0.25, -0.2) is 9.48 Å². The predicted molar refractivity (Wildman–Crippen MR) is 98.4 cm³/mol. The van der Waals surface area contributed by atoms with Crippen molar-refractivity contribution in [2.24, 2.45) is 5.92 Å². The molecule has 0 radical (unpaired) electrons. The zero-order valence-electron chi connectivity index (χ0n) is 16.4. The minimum absolute atomic E-state index is 0.0606. The molecule has 0 bridgehead atoms. The normalized spacial score (nSPS) is 19.6. The molecule has 1 N–H and O–H groups in total. The standard InChI is InChI=1S/C18H26N6O4/c1-12(2)24-15(6-7-20-24)16-13(5-4-10-28-16)17(25)19-8-9-23-11-14(21-22-23)18(26)27-3/h6-7,11-13,16H,4-5,8-10H2,1-3H3,(H,19,25)/t13-,16-/m1/s1. The molecule has 1 amide bonds. The van der Waals surface area contributed by atoms with E-state index in [4.69, 9.17) is 4.74 Å². The van der Waals surface area contributed by atoms with Crippen molar-refractivity contribution < 1.29 is 19.1 Å². The first-order valence-electron chi connectivity index (χ1n) is 9.42. The van der Waals surface area contributed by atoms with Gasteiger partial charge in [-0.1, -0.05) is 5.21 Å². The summed E-state index contributed by atoms with van der Waals surface area (Å²) in [6.07, 6.45) is 4.53. The lowest BCUT2D eigenvalue weighted by Gasteiger charge is -2.31. The van der Waals surface area contributed by atoms with E-state index in [9.17, 15) is 9.59 Å². The number of ether oxygens (including phenoxy) is 2. The van der Waals surface area contributed by atoms with Crippen molar-refractivity contribution in [3.63, 3.8) is 0 Å². The molecule has 2 aromatic rings. The smallest absolute Gasteiger partial charge is 0.360 e. The van der Waals surface area contributed by atoms with Crippen molar-refractivity contribution in [2.75, 3.05) is 20.3 Å². The van der Waals surface area contributed by atoms with Gasteiger partial charge in [0.05, 0.1) is 31.5 Å². The first kappa shape index (κ1) is 20.0. The number of aromatic nitrogens is 5. The average molecular weight is 390 g/mol. The predicted octanol–water partition coefficient (Wildman–Crippen LogP) is 1.13. The SMILES string of the molecule is COC(=O)c1cn(CCNC(=O)[C@@H]2CCCO[C@H]2c2ccnn2C(C)C)nn1. The van der Waals surface area contributed by atoms with E-state index in [1.807, 2.05) is 10.7 Å². The fourth-order valence-electron chi connectivity index (χ4n) is 3.35. The zero-order valence-corrected chi connectivity index (χ0v) is 16.4. The highest BCUT2D eigenvalue weighted by molar-refractivity contribution is 5.86. The van der Waals surface area contributed by atoms with Crippen molar-refractivity contribution in [2.45, 2.75) is 45.4 Å². The van der Waals surface area contributed by atoms with Gasteiger partial charge in [0.2, 0.25) is 5.91 Å². The molecular weight excluding hydrogens is 364 g/mol. The molecule has 28 heavy (non-hydrogen) atoms. The molecular formula is C18H26N6O4. The molecule has 0 aliphatic carbocycles. The molecule has 0 unspecified atom stereocenters. The Morgan fingerprint density at radius 1 is 1.43 bits per heavy atom. The second-order valence-corrected chi connectivity index (χ2v) is 6.98. The summed E-state index contributed by atoms with van der Waals surface area (Å²) in [6, 6.07) is 2.11. The van der Waals surface area contributed by atoms with Gasteiger partial charge in [-0.3, -0.25) is 9.48 Å². The summed E-state index contributed by atoms with van der Waals surface area (Å²) in [5, 5.41) is 14.9. The molecule has 10 nitrogen and oxygen atoms in total. The van der Waals surface area contributed by atoms with Gasteiger partial charge in [-0.05, 0) is 32.8 Å². The number of nitrogens with one attached hydrogen (secondary N) is 1. The minimum Gasteiger partial charge on any atom is -0.464 e. The van der Waals surface area contributed by atoms with Crippen LogP contribution >= 0.6 is 0 Å². The number of methoxy groups -OCH3 is 1. The number of esters is 1. The van der Waals surface area contributed by atoms with Gasteiger partial charge < -0.3 is 14.8 Å². The van der Waals surface area contributed by atoms with Crippen molar-refractivity contribution in [1.29, 1.82) is 0 Å². The summed E-state index contributed by atoms with van der Waals surface area (Å²) in [6.45, 7) is 5.50. The van der Waals surface area contributed by atoms with Crippen molar-refractivity contribution >= 4 is 11.9 Å². The molecule has 1 aliphatic heterocycles. The Morgan fingerprint density at radius 3 is 3.00 bits per heavy atom. The molecule has 10 heteroatoms. The summed E-state index contributed by atoms with van der Waals surface area (Å²) >= 11 is 0. The second kappa shape index (κ2) is 8.96. The van der Waals surface area contributed by atoms with E-state index in [0.717, 1.165) is 18.5 Å². The Bertz CT molecular complexity index is 815. The lowest BCUT2D eigenvalue weighted by molar-refractivity contribution is -0.135. The van der Waals surface area contributed by atoms with Crippen molar-refractivity contribution in [1.82, 2.24) is 30.1 Å². The van der Waals surface area contributed by atoms with Crippen LogP contribution in [0.25, 0.3) is 0 Å². The van der Waals surface area contributed by atoms with Crippen LogP contribution in [0.2, 0.25) is 0 Å². The first-order chi connectivity index (χ1) is 13.5. The number of carbonyl (C=O) groups excluding carboxylic acids is 2. The van der Waals surface area contributed by atoms with Crippen LogP contribution in [-0.4, -0.2) is 56.9 Å². The van der Waals surface area contributed by atoms with E-state index in [2.05, 4.69) is 39.3 Å². The van der Waals surface area contributed by atoms with Gasteiger partial charge in [0, 0.05) is 25.4 Å². The molecule has 0 saturated carbocycles. The maximum Gasteiger partial charge on any atom is 0.360 e. The van der Waals surface area contributed by atoms with Gasteiger partial charge in [0.15, 0.2) is 5.69 Å². The molecule has 3 rings (SSSR count). The van der Waals surface area contributed by atoms with Gasteiger partial charge >= 0.3 is 5.97 Å². The Balaban J connectivity index is 1.59. The fourth-order valence-corrected chi connectivity index (χ4v) is 3.35. The third-order valence-corrected chi connectivity index (χ3v) is 4.71. The van der Waals surface area contributed by atoms with Crippen LogP contribution in [0.4, 0.5) is 0 Å². The quantitative estimate of drug-likeness (QED) is 0.705. The van der Waals surface area contributed by atoms with E-state index in [1.54, 1.807) is 6.20 Å². The Kier molecular flexibility index (Phi) is 6.40. The molecule has 0 spiro atoms. The third-order valence-electron chi connectivity index (χ3n) is 4.71. The van der Waals surface area contributed by atoms with Crippen LogP contribution in [0.3, 0.4) is 0 Å². The number of hydrogen-bond donors (Lipinski definition) is 1. The van der Waals surface area contributed by atoms with Crippen LogP contribution in [0.15, 0.2) is 18.5 Å². The Hall–Kier alpha value is -2.75. The molecule has 2 atom stereocenters. The van der Waals surface area contributed by atoms with Gasteiger partial charge in [0.1, 0.15) is 6.10 Å². The summed E-state index contributed by atoms with van der Waals surface area (Å²) < 4.78 is 14.0. The largest absolute Gasteiger partial charge is 0.464 e. The maximum absolute atomic E-state index is 12.8. The summed E-state index contributed by atoms with van der Waals surface area (Å²) in [5.41, 5.74) is 1.06. The fraction of sp³-hybridized carbons (Fsp3) is 0.611. The number of carbonyl (C=O) groups is 2. The van der Waals surface area contributed by atoms with E-state index >= 15 is 0 Å². The van der Waals surface area contributed by atoms with E-state index in [1.165, 1.54) is 18.0 Å². The molecule has 152 valence electrons. The minimum atomic E-state index is -0.542. The van der Waals surface area contributed by atoms with E-state index in [-0.39, 0.29) is 29.7 Å². The monoisotopic (exact) mass is 390 g/mol.